The highest BCUT2D eigenvalue weighted by molar-refractivity contribution is 5.91. The number of anilines is 1. The molecule has 0 spiro atoms. The molecule has 6 heteroatoms. The monoisotopic (exact) mass is 289 g/mol. The third-order valence-electron chi connectivity index (χ3n) is 3.56. The second-order valence-electron chi connectivity index (χ2n) is 5.03. The van der Waals surface area contributed by atoms with E-state index in [9.17, 15) is 9.18 Å². The van der Waals surface area contributed by atoms with Crippen LogP contribution in [-0.2, 0) is 9.53 Å². The molecule has 0 aliphatic carbocycles. The molecule has 1 aromatic carbocycles. The van der Waals surface area contributed by atoms with Gasteiger partial charge in [-0.2, -0.15) is 0 Å². The molecule has 2 N–H and O–H groups in total. The third kappa shape index (κ3) is 3.28. The molecule has 0 unspecified atom stereocenters. The van der Waals surface area contributed by atoms with Gasteiger partial charge in [-0.25, -0.2) is 9.37 Å². The van der Waals surface area contributed by atoms with Gasteiger partial charge in [0, 0.05) is 19.1 Å². The fourth-order valence-electron chi connectivity index (χ4n) is 2.34. The number of nitrogens with one attached hydrogen (secondary N) is 2. The Morgan fingerprint density at radius 3 is 2.71 bits per heavy atom. The molecule has 0 saturated carbocycles. The zero-order chi connectivity index (χ0) is 14.7. The first-order chi connectivity index (χ1) is 10.2. The van der Waals surface area contributed by atoms with E-state index in [-0.39, 0.29) is 17.6 Å². The number of nitrogens with zero attached hydrogens (tertiary/aromatic N) is 1. The first-order valence-corrected chi connectivity index (χ1v) is 6.92. The number of H-pyrrole nitrogens is 1. The second kappa shape index (κ2) is 6.05. The summed E-state index contributed by atoms with van der Waals surface area (Å²) in [5, 5.41) is 2.78. The molecular formula is C15H16FN3O2. The van der Waals surface area contributed by atoms with Crippen LogP contribution in [0.15, 0.2) is 30.5 Å². The van der Waals surface area contributed by atoms with Crippen molar-refractivity contribution in [1.82, 2.24) is 9.97 Å². The third-order valence-corrected chi connectivity index (χ3v) is 3.56. The molecule has 5 nitrogen and oxygen atoms in total. The number of carbonyl (C=O) groups excluding carboxylic acids is 1. The Balaban J connectivity index is 1.67. The van der Waals surface area contributed by atoms with E-state index in [0.717, 1.165) is 24.1 Å². The second-order valence-corrected chi connectivity index (χ2v) is 5.03. The van der Waals surface area contributed by atoms with Crippen molar-refractivity contribution in [1.29, 1.82) is 0 Å². The largest absolute Gasteiger partial charge is 0.381 e. The van der Waals surface area contributed by atoms with Crippen molar-refractivity contribution >= 4 is 11.9 Å². The zero-order valence-corrected chi connectivity index (χ0v) is 11.4. The van der Waals surface area contributed by atoms with Gasteiger partial charge in [0.25, 0.3) is 0 Å². The summed E-state index contributed by atoms with van der Waals surface area (Å²) in [4.78, 5) is 19.2. The number of rotatable bonds is 3. The van der Waals surface area contributed by atoms with Gasteiger partial charge in [-0.1, -0.05) is 0 Å². The van der Waals surface area contributed by atoms with E-state index in [1.807, 2.05) is 0 Å². The fraction of sp³-hybridized carbons (Fsp3) is 0.333. The van der Waals surface area contributed by atoms with Gasteiger partial charge in [0.1, 0.15) is 5.82 Å². The van der Waals surface area contributed by atoms with Crippen LogP contribution < -0.4 is 5.32 Å². The van der Waals surface area contributed by atoms with E-state index in [0.29, 0.717) is 19.2 Å². The van der Waals surface area contributed by atoms with E-state index in [2.05, 4.69) is 15.3 Å². The van der Waals surface area contributed by atoms with Crippen molar-refractivity contribution < 1.29 is 13.9 Å². The Morgan fingerprint density at radius 1 is 1.29 bits per heavy atom. The molecule has 110 valence electrons. The Morgan fingerprint density at radius 2 is 2.00 bits per heavy atom. The number of ether oxygens (including phenoxy) is 1. The summed E-state index contributed by atoms with van der Waals surface area (Å²) in [5.41, 5.74) is 1.55. The Bertz CT molecular complexity index is 618. The molecule has 1 saturated heterocycles. The summed E-state index contributed by atoms with van der Waals surface area (Å²) in [6.07, 6.45) is 3.08. The van der Waals surface area contributed by atoms with Gasteiger partial charge in [0.05, 0.1) is 11.9 Å². The van der Waals surface area contributed by atoms with Crippen molar-refractivity contribution in [3.05, 3.63) is 36.3 Å². The average Bonchev–Trinajstić information content (AvgIpc) is 2.97. The number of aromatic amines is 1. The normalized spacial score (nSPS) is 15.9. The quantitative estimate of drug-likeness (QED) is 0.912. The van der Waals surface area contributed by atoms with Crippen LogP contribution in [0.5, 0.6) is 0 Å². The van der Waals surface area contributed by atoms with Crippen LogP contribution in [0.2, 0.25) is 0 Å². The van der Waals surface area contributed by atoms with E-state index in [1.54, 1.807) is 18.3 Å². The highest BCUT2D eigenvalue weighted by Crippen LogP contribution is 2.20. The summed E-state index contributed by atoms with van der Waals surface area (Å²) in [5.74, 6) is 0.0496. The lowest BCUT2D eigenvalue weighted by atomic mass is 10.00. The fourth-order valence-corrected chi connectivity index (χ4v) is 2.34. The Hall–Kier alpha value is -2.21. The number of aromatic nitrogens is 2. The van der Waals surface area contributed by atoms with Crippen molar-refractivity contribution in [2.24, 2.45) is 5.92 Å². The van der Waals surface area contributed by atoms with Gasteiger partial charge in [-0.3, -0.25) is 10.1 Å². The van der Waals surface area contributed by atoms with Crippen molar-refractivity contribution in [2.75, 3.05) is 18.5 Å². The Labute approximate surface area is 121 Å². The summed E-state index contributed by atoms with van der Waals surface area (Å²) in [6, 6.07) is 6.09. The first-order valence-electron chi connectivity index (χ1n) is 6.92. The SMILES string of the molecule is O=C(Nc1ncc(-c2ccc(F)cc2)[nH]1)C1CCOCC1. The van der Waals surface area contributed by atoms with Gasteiger partial charge in [-0.15, -0.1) is 0 Å². The molecule has 2 heterocycles. The van der Waals surface area contributed by atoms with Crippen LogP contribution in [0, 0.1) is 11.7 Å². The molecule has 1 aromatic heterocycles. The van der Waals surface area contributed by atoms with E-state index in [4.69, 9.17) is 4.74 Å². The summed E-state index contributed by atoms with van der Waals surface area (Å²) in [6.45, 7) is 1.24. The number of benzene rings is 1. The molecule has 0 atom stereocenters. The van der Waals surface area contributed by atoms with Gasteiger partial charge in [0.15, 0.2) is 0 Å². The van der Waals surface area contributed by atoms with Crippen molar-refractivity contribution in [3.63, 3.8) is 0 Å². The highest BCUT2D eigenvalue weighted by Gasteiger charge is 2.22. The summed E-state index contributed by atoms with van der Waals surface area (Å²) >= 11 is 0. The topological polar surface area (TPSA) is 67.0 Å². The van der Waals surface area contributed by atoms with Crippen LogP contribution in [0.4, 0.5) is 10.3 Å². The van der Waals surface area contributed by atoms with Gasteiger partial charge < -0.3 is 9.72 Å². The molecule has 21 heavy (non-hydrogen) atoms. The number of hydrogen-bond acceptors (Lipinski definition) is 3. The van der Waals surface area contributed by atoms with Gasteiger partial charge >= 0.3 is 0 Å². The van der Waals surface area contributed by atoms with Crippen LogP contribution in [0.3, 0.4) is 0 Å². The van der Waals surface area contributed by atoms with E-state index in [1.165, 1.54) is 12.1 Å². The molecule has 1 aliphatic heterocycles. The summed E-state index contributed by atoms with van der Waals surface area (Å²) in [7, 11) is 0. The molecule has 0 radical (unpaired) electrons. The minimum absolute atomic E-state index is 0.0295. The smallest absolute Gasteiger partial charge is 0.229 e. The lowest BCUT2D eigenvalue weighted by Gasteiger charge is -2.20. The highest BCUT2D eigenvalue weighted by atomic mass is 19.1. The number of amides is 1. The minimum atomic E-state index is -0.286. The zero-order valence-electron chi connectivity index (χ0n) is 11.4. The molecule has 3 rings (SSSR count). The van der Waals surface area contributed by atoms with Crippen LogP contribution in [0.25, 0.3) is 11.3 Å². The maximum atomic E-state index is 12.9. The van der Waals surface area contributed by atoms with E-state index >= 15 is 0 Å². The minimum Gasteiger partial charge on any atom is -0.381 e. The first kappa shape index (κ1) is 13.8. The molecule has 1 fully saturated rings. The maximum Gasteiger partial charge on any atom is 0.229 e. The Kier molecular flexibility index (Phi) is 3.96. The average molecular weight is 289 g/mol. The van der Waals surface area contributed by atoms with Crippen molar-refractivity contribution in [3.8, 4) is 11.3 Å². The molecule has 1 amide bonds. The number of imidazole rings is 1. The van der Waals surface area contributed by atoms with Gasteiger partial charge in [0.2, 0.25) is 11.9 Å². The van der Waals surface area contributed by atoms with Crippen LogP contribution >= 0.6 is 0 Å². The molecule has 2 aromatic rings. The summed E-state index contributed by atoms with van der Waals surface area (Å²) < 4.78 is 18.1. The maximum absolute atomic E-state index is 12.9. The standard InChI is InChI=1S/C15H16FN3O2/c16-12-3-1-10(2-4-12)13-9-17-15(18-13)19-14(20)11-5-7-21-8-6-11/h1-4,9,11H,5-8H2,(H2,17,18,19,20). The number of halogens is 1. The van der Waals surface area contributed by atoms with Gasteiger partial charge in [-0.05, 0) is 42.7 Å². The predicted molar refractivity (Wildman–Crippen MR) is 76.2 cm³/mol. The van der Waals surface area contributed by atoms with E-state index < -0.39 is 0 Å². The van der Waals surface area contributed by atoms with Crippen LogP contribution in [-0.4, -0.2) is 29.1 Å². The lowest BCUT2D eigenvalue weighted by molar-refractivity contribution is -0.122. The lowest BCUT2D eigenvalue weighted by Crippen LogP contribution is -2.28. The van der Waals surface area contributed by atoms with Crippen molar-refractivity contribution in [2.45, 2.75) is 12.8 Å². The molecule has 1 aliphatic rings. The molecule has 0 bridgehead atoms. The number of carbonyl (C=O) groups is 1. The van der Waals surface area contributed by atoms with Crippen LogP contribution in [0.1, 0.15) is 12.8 Å². The molecular weight excluding hydrogens is 273 g/mol. The number of hydrogen-bond donors (Lipinski definition) is 2. The predicted octanol–water partition coefficient (Wildman–Crippen LogP) is 2.58.